The van der Waals surface area contributed by atoms with Gasteiger partial charge in [0.25, 0.3) is 5.91 Å². The summed E-state index contributed by atoms with van der Waals surface area (Å²) < 4.78 is 16.3. The first-order chi connectivity index (χ1) is 16.4. The molecule has 3 rings (SSSR count). The molecule has 0 aromatic heterocycles. The van der Waals surface area contributed by atoms with Crippen molar-refractivity contribution in [2.75, 3.05) is 27.4 Å². The van der Waals surface area contributed by atoms with Crippen LogP contribution in [0.1, 0.15) is 27.0 Å². The van der Waals surface area contributed by atoms with E-state index in [0.717, 1.165) is 16.7 Å². The lowest BCUT2D eigenvalue weighted by Crippen LogP contribution is -2.36. The fourth-order valence-electron chi connectivity index (χ4n) is 3.55. The fourth-order valence-corrected chi connectivity index (χ4v) is 3.55. The van der Waals surface area contributed by atoms with Crippen molar-refractivity contribution >= 4 is 11.9 Å². The van der Waals surface area contributed by atoms with E-state index in [0.29, 0.717) is 31.0 Å². The standard InChI is InChI=1S/C27H29NO6/c1-19-9-11-22(27(30)31)24(15-19)34-18-26(29)28(17-21-7-5-4-6-8-21)14-13-20-10-12-23(32-2)25(16-20)33-3/h4-12,15-16H,13-14,17-18H2,1-3H3,(H,30,31). The number of carboxylic acids is 1. The lowest BCUT2D eigenvalue weighted by atomic mass is 10.1. The molecule has 0 aliphatic rings. The van der Waals surface area contributed by atoms with Crippen molar-refractivity contribution in [3.8, 4) is 17.2 Å². The van der Waals surface area contributed by atoms with Crippen molar-refractivity contribution in [3.05, 3.63) is 89.0 Å². The van der Waals surface area contributed by atoms with Gasteiger partial charge in [-0.1, -0.05) is 42.5 Å². The Morgan fingerprint density at radius 3 is 2.26 bits per heavy atom. The minimum Gasteiger partial charge on any atom is -0.493 e. The molecule has 7 heteroatoms. The van der Waals surface area contributed by atoms with Crippen LogP contribution in [-0.4, -0.2) is 49.3 Å². The van der Waals surface area contributed by atoms with Crippen LogP contribution in [0.3, 0.4) is 0 Å². The number of rotatable bonds is 11. The lowest BCUT2D eigenvalue weighted by Gasteiger charge is -2.23. The minimum absolute atomic E-state index is 0.0262. The van der Waals surface area contributed by atoms with Gasteiger partial charge in [0.05, 0.1) is 14.2 Å². The summed E-state index contributed by atoms with van der Waals surface area (Å²) in [5.41, 5.74) is 2.86. The molecule has 0 radical (unpaired) electrons. The van der Waals surface area contributed by atoms with Gasteiger partial charge in [0.15, 0.2) is 18.1 Å². The minimum atomic E-state index is -1.10. The van der Waals surface area contributed by atoms with Gasteiger partial charge in [-0.2, -0.15) is 0 Å². The number of ether oxygens (including phenoxy) is 3. The first kappa shape index (κ1) is 24.6. The normalized spacial score (nSPS) is 10.4. The molecule has 3 aromatic carbocycles. The van der Waals surface area contributed by atoms with E-state index < -0.39 is 5.97 Å². The molecule has 0 fully saturated rings. The Morgan fingerprint density at radius 1 is 0.853 bits per heavy atom. The van der Waals surface area contributed by atoms with Crippen molar-refractivity contribution in [2.24, 2.45) is 0 Å². The van der Waals surface area contributed by atoms with Crippen LogP contribution in [0.25, 0.3) is 0 Å². The number of benzene rings is 3. The first-order valence-electron chi connectivity index (χ1n) is 10.9. The Balaban J connectivity index is 1.74. The maximum absolute atomic E-state index is 13.1. The third-order valence-corrected chi connectivity index (χ3v) is 5.41. The van der Waals surface area contributed by atoms with Gasteiger partial charge < -0.3 is 24.2 Å². The van der Waals surface area contributed by atoms with Crippen LogP contribution in [0, 0.1) is 6.92 Å². The van der Waals surface area contributed by atoms with E-state index in [1.54, 1.807) is 31.3 Å². The summed E-state index contributed by atoms with van der Waals surface area (Å²) in [6.45, 7) is 2.44. The quantitative estimate of drug-likeness (QED) is 0.455. The summed E-state index contributed by atoms with van der Waals surface area (Å²) >= 11 is 0. The molecule has 0 spiro atoms. The van der Waals surface area contributed by atoms with Gasteiger partial charge in [-0.25, -0.2) is 4.79 Å². The molecule has 0 bridgehead atoms. The van der Waals surface area contributed by atoms with Crippen LogP contribution in [-0.2, 0) is 17.8 Å². The average molecular weight is 464 g/mol. The highest BCUT2D eigenvalue weighted by molar-refractivity contribution is 5.91. The van der Waals surface area contributed by atoms with E-state index in [1.165, 1.54) is 6.07 Å². The summed E-state index contributed by atoms with van der Waals surface area (Å²) in [4.78, 5) is 26.4. The molecule has 0 heterocycles. The molecule has 178 valence electrons. The Labute approximate surface area is 199 Å². The molecule has 0 aliphatic carbocycles. The number of nitrogens with zero attached hydrogens (tertiary/aromatic N) is 1. The average Bonchev–Trinajstić information content (AvgIpc) is 2.85. The second-order valence-electron chi connectivity index (χ2n) is 7.83. The van der Waals surface area contributed by atoms with Crippen molar-refractivity contribution in [3.63, 3.8) is 0 Å². The van der Waals surface area contributed by atoms with E-state index in [4.69, 9.17) is 14.2 Å². The summed E-state index contributed by atoms with van der Waals surface area (Å²) in [7, 11) is 3.17. The summed E-state index contributed by atoms with van der Waals surface area (Å²) in [6, 6.07) is 20.2. The van der Waals surface area contributed by atoms with Gasteiger partial charge >= 0.3 is 5.97 Å². The molecule has 0 atom stereocenters. The van der Waals surface area contributed by atoms with Crippen LogP contribution < -0.4 is 14.2 Å². The second kappa shape index (κ2) is 11.7. The van der Waals surface area contributed by atoms with Crippen LogP contribution in [0.15, 0.2) is 66.7 Å². The molecule has 3 aromatic rings. The predicted octanol–water partition coefficient (Wildman–Crippen LogP) is 4.36. The topological polar surface area (TPSA) is 85.3 Å². The number of hydrogen-bond acceptors (Lipinski definition) is 5. The molecule has 0 saturated heterocycles. The maximum Gasteiger partial charge on any atom is 0.339 e. The van der Waals surface area contributed by atoms with Gasteiger partial charge in [-0.05, 0) is 54.3 Å². The Hall–Kier alpha value is -4.00. The van der Waals surface area contributed by atoms with Crippen molar-refractivity contribution < 1.29 is 28.9 Å². The number of methoxy groups -OCH3 is 2. The summed E-state index contributed by atoms with van der Waals surface area (Å²) in [5, 5.41) is 9.42. The summed E-state index contributed by atoms with van der Waals surface area (Å²) in [6.07, 6.45) is 0.601. The van der Waals surface area contributed by atoms with E-state index in [-0.39, 0.29) is 23.8 Å². The van der Waals surface area contributed by atoms with Crippen molar-refractivity contribution in [1.29, 1.82) is 0 Å². The number of aromatic carboxylic acids is 1. The zero-order valence-electron chi connectivity index (χ0n) is 19.6. The molecule has 0 unspecified atom stereocenters. The first-order valence-corrected chi connectivity index (χ1v) is 10.9. The van der Waals surface area contributed by atoms with Gasteiger partial charge in [0.2, 0.25) is 0 Å². The zero-order valence-corrected chi connectivity index (χ0v) is 19.6. The van der Waals surface area contributed by atoms with Gasteiger partial charge in [0.1, 0.15) is 11.3 Å². The lowest BCUT2D eigenvalue weighted by molar-refractivity contribution is -0.134. The molecular formula is C27H29NO6. The highest BCUT2D eigenvalue weighted by atomic mass is 16.5. The molecular weight excluding hydrogens is 434 g/mol. The molecule has 0 aliphatic heterocycles. The third-order valence-electron chi connectivity index (χ3n) is 5.41. The van der Waals surface area contributed by atoms with Gasteiger partial charge in [0, 0.05) is 13.1 Å². The van der Waals surface area contributed by atoms with E-state index in [1.807, 2.05) is 55.5 Å². The summed E-state index contributed by atoms with van der Waals surface area (Å²) in [5.74, 6) is 0.119. The largest absolute Gasteiger partial charge is 0.493 e. The monoisotopic (exact) mass is 463 g/mol. The molecule has 1 amide bonds. The Kier molecular flexibility index (Phi) is 8.51. The van der Waals surface area contributed by atoms with Crippen molar-refractivity contribution in [1.82, 2.24) is 4.90 Å². The predicted molar refractivity (Wildman–Crippen MR) is 129 cm³/mol. The van der Waals surface area contributed by atoms with Gasteiger partial charge in [-0.3, -0.25) is 4.79 Å². The molecule has 7 nitrogen and oxygen atoms in total. The second-order valence-corrected chi connectivity index (χ2v) is 7.83. The fraction of sp³-hybridized carbons (Fsp3) is 0.259. The van der Waals surface area contributed by atoms with Crippen LogP contribution in [0.2, 0.25) is 0 Å². The van der Waals surface area contributed by atoms with E-state index >= 15 is 0 Å². The third kappa shape index (κ3) is 6.51. The zero-order chi connectivity index (χ0) is 24.5. The SMILES string of the molecule is COc1ccc(CCN(Cc2ccccc2)C(=O)COc2cc(C)ccc2C(=O)O)cc1OC. The Morgan fingerprint density at radius 2 is 1.59 bits per heavy atom. The molecule has 0 saturated carbocycles. The maximum atomic E-state index is 13.1. The van der Waals surface area contributed by atoms with E-state index in [2.05, 4.69) is 0 Å². The number of carboxylic acid groups (broad SMARTS) is 1. The number of hydrogen-bond donors (Lipinski definition) is 1. The van der Waals surface area contributed by atoms with Crippen LogP contribution in [0.4, 0.5) is 0 Å². The van der Waals surface area contributed by atoms with Crippen LogP contribution >= 0.6 is 0 Å². The molecule has 1 N–H and O–H groups in total. The van der Waals surface area contributed by atoms with Crippen molar-refractivity contribution in [2.45, 2.75) is 19.9 Å². The number of carbonyl (C=O) groups excluding carboxylic acids is 1. The van der Waals surface area contributed by atoms with E-state index in [9.17, 15) is 14.7 Å². The van der Waals surface area contributed by atoms with Gasteiger partial charge in [-0.15, -0.1) is 0 Å². The number of carbonyl (C=O) groups is 2. The van der Waals surface area contributed by atoms with Crippen LogP contribution in [0.5, 0.6) is 17.2 Å². The number of aryl methyl sites for hydroxylation is 1. The number of amides is 1. The Bertz CT molecular complexity index is 1130. The highest BCUT2D eigenvalue weighted by Gasteiger charge is 2.18. The highest BCUT2D eigenvalue weighted by Crippen LogP contribution is 2.28. The molecule has 34 heavy (non-hydrogen) atoms. The smallest absolute Gasteiger partial charge is 0.339 e.